The van der Waals surface area contributed by atoms with Crippen molar-refractivity contribution in [3.05, 3.63) is 35.4 Å². The van der Waals surface area contributed by atoms with E-state index in [1.54, 1.807) is 13.8 Å². The van der Waals surface area contributed by atoms with Gasteiger partial charge in [0.15, 0.2) is 0 Å². The van der Waals surface area contributed by atoms with Gasteiger partial charge in [-0.3, -0.25) is 4.79 Å². The van der Waals surface area contributed by atoms with E-state index in [4.69, 9.17) is 0 Å². The molecule has 2 N–H and O–H groups in total. The maximum atomic E-state index is 11.8. The Kier molecular flexibility index (Phi) is 9.54. The largest absolute Gasteiger partial charge is 0.356 e. The molecule has 1 atom stereocenters. The van der Waals surface area contributed by atoms with E-state index >= 15 is 0 Å². The van der Waals surface area contributed by atoms with E-state index in [1.807, 2.05) is 45.0 Å². The monoisotopic (exact) mass is 392 g/mol. The summed E-state index contributed by atoms with van der Waals surface area (Å²) in [5, 5.41) is 2.45. The van der Waals surface area contributed by atoms with E-state index in [9.17, 15) is 13.2 Å². The number of carbonyl (C=O) groups is 1. The van der Waals surface area contributed by atoms with E-state index < -0.39 is 15.3 Å². The van der Waals surface area contributed by atoms with E-state index in [1.165, 1.54) is 0 Å². The fourth-order valence-electron chi connectivity index (χ4n) is 2.18. The highest BCUT2D eigenvalue weighted by atomic mass is 32.2. The number of benzene rings is 1. The van der Waals surface area contributed by atoms with E-state index in [0.29, 0.717) is 13.1 Å². The van der Waals surface area contributed by atoms with Crippen molar-refractivity contribution in [1.29, 1.82) is 0 Å². The zero-order valence-electron chi connectivity index (χ0n) is 17.0. The van der Waals surface area contributed by atoms with Gasteiger partial charge >= 0.3 is 0 Å². The molecule has 0 radical (unpaired) electrons. The lowest BCUT2D eigenvalue weighted by atomic mass is 10.0. The standard InChI is InChI=1S/C21H32N2O3S/c1-16(2)21(24)22-14-8-6-7-9-19-10-12-20(13-11-19)18(5)15-23-27(25,26)17(3)4/h10-13,16-18,23H,6,8,14-15H2,1-5H3,(H,22,24). The summed E-state index contributed by atoms with van der Waals surface area (Å²) in [6.45, 7) is 10.1. The summed E-state index contributed by atoms with van der Waals surface area (Å²) in [5.74, 6) is 6.41. The van der Waals surface area contributed by atoms with Crippen LogP contribution in [-0.2, 0) is 14.8 Å². The minimum Gasteiger partial charge on any atom is -0.356 e. The number of rotatable bonds is 9. The molecule has 0 fully saturated rings. The Morgan fingerprint density at radius 1 is 1.07 bits per heavy atom. The van der Waals surface area contributed by atoms with Gasteiger partial charge in [-0.2, -0.15) is 0 Å². The molecular weight excluding hydrogens is 360 g/mol. The highest BCUT2D eigenvalue weighted by Crippen LogP contribution is 2.15. The fourth-order valence-corrected chi connectivity index (χ4v) is 2.99. The molecule has 1 rings (SSSR count). The summed E-state index contributed by atoms with van der Waals surface area (Å²) in [6.07, 6.45) is 1.56. The van der Waals surface area contributed by atoms with Gasteiger partial charge < -0.3 is 5.32 Å². The van der Waals surface area contributed by atoms with E-state index in [0.717, 1.165) is 24.0 Å². The summed E-state index contributed by atoms with van der Waals surface area (Å²) < 4.78 is 26.3. The Morgan fingerprint density at radius 2 is 1.70 bits per heavy atom. The molecule has 150 valence electrons. The molecule has 0 bridgehead atoms. The van der Waals surface area contributed by atoms with Gasteiger partial charge in [-0.15, -0.1) is 0 Å². The predicted molar refractivity (Wildman–Crippen MR) is 111 cm³/mol. The van der Waals surface area contributed by atoms with Crippen molar-refractivity contribution < 1.29 is 13.2 Å². The third kappa shape index (κ3) is 8.59. The van der Waals surface area contributed by atoms with Gasteiger partial charge in [-0.25, -0.2) is 13.1 Å². The average molecular weight is 393 g/mol. The molecule has 0 saturated heterocycles. The predicted octanol–water partition coefficient (Wildman–Crippen LogP) is 3.02. The molecule has 0 aliphatic rings. The summed E-state index contributed by atoms with van der Waals surface area (Å²) in [5.41, 5.74) is 2.00. The fraction of sp³-hybridized carbons (Fsp3) is 0.571. The molecule has 0 aliphatic heterocycles. The van der Waals surface area contributed by atoms with Crippen molar-refractivity contribution in [1.82, 2.24) is 10.0 Å². The van der Waals surface area contributed by atoms with E-state index in [2.05, 4.69) is 21.9 Å². The van der Waals surface area contributed by atoms with Crippen LogP contribution in [0, 0.1) is 17.8 Å². The molecule has 1 aromatic rings. The van der Waals surface area contributed by atoms with Gasteiger partial charge in [0.1, 0.15) is 0 Å². The molecule has 0 aromatic heterocycles. The number of carbonyl (C=O) groups excluding carboxylic acids is 1. The number of hydrogen-bond donors (Lipinski definition) is 2. The van der Waals surface area contributed by atoms with Crippen molar-refractivity contribution in [3.63, 3.8) is 0 Å². The molecule has 6 heteroatoms. The van der Waals surface area contributed by atoms with Gasteiger partial charge in [0, 0.05) is 31.0 Å². The Hall–Kier alpha value is -1.84. The summed E-state index contributed by atoms with van der Waals surface area (Å²) >= 11 is 0. The molecule has 1 aromatic carbocycles. The average Bonchev–Trinajstić information content (AvgIpc) is 2.62. The molecule has 0 heterocycles. The second kappa shape index (κ2) is 11.1. The lowest BCUT2D eigenvalue weighted by Crippen LogP contribution is -2.33. The maximum Gasteiger partial charge on any atom is 0.222 e. The Bertz CT molecular complexity index is 757. The lowest BCUT2D eigenvalue weighted by molar-refractivity contribution is -0.123. The van der Waals surface area contributed by atoms with Crippen molar-refractivity contribution in [2.45, 2.75) is 58.6 Å². The van der Waals surface area contributed by atoms with Crippen LogP contribution >= 0.6 is 0 Å². The van der Waals surface area contributed by atoms with Crippen LogP contribution in [0.5, 0.6) is 0 Å². The first-order valence-corrected chi connectivity index (χ1v) is 11.0. The quantitative estimate of drug-likeness (QED) is 0.501. The van der Waals surface area contributed by atoms with Crippen LogP contribution in [0.3, 0.4) is 0 Å². The number of unbranched alkanes of at least 4 members (excludes halogenated alkanes) is 1. The Labute approximate surface area is 164 Å². The van der Waals surface area contributed by atoms with Gasteiger partial charge in [0.2, 0.25) is 15.9 Å². The zero-order valence-corrected chi connectivity index (χ0v) is 17.8. The van der Waals surface area contributed by atoms with Crippen LogP contribution in [0.4, 0.5) is 0 Å². The van der Waals surface area contributed by atoms with Crippen LogP contribution in [0.25, 0.3) is 0 Å². The molecule has 1 unspecified atom stereocenters. The minimum atomic E-state index is -3.24. The first kappa shape index (κ1) is 23.2. The number of amides is 1. The molecule has 0 saturated carbocycles. The van der Waals surface area contributed by atoms with Crippen LogP contribution < -0.4 is 10.0 Å². The van der Waals surface area contributed by atoms with Crippen LogP contribution in [0.2, 0.25) is 0 Å². The van der Waals surface area contributed by atoms with Crippen molar-refractivity contribution in [2.24, 2.45) is 5.92 Å². The first-order valence-electron chi connectivity index (χ1n) is 9.48. The van der Waals surface area contributed by atoms with Crippen molar-refractivity contribution in [2.75, 3.05) is 13.1 Å². The Balaban J connectivity index is 2.45. The molecule has 0 aliphatic carbocycles. The highest BCUT2D eigenvalue weighted by Gasteiger charge is 2.16. The number of sulfonamides is 1. The maximum absolute atomic E-state index is 11.8. The van der Waals surface area contributed by atoms with Gasteiger partial charge in [0.05, 0.1) is 5.25 Å². The second-order valence-electron chi connectivity index (χ2n) is 7.32. The van der Waals surface area contributed by atoms with Crippen molar-refractivity contribution in [3.8, 4) is 11.8 Å². The van der Waals surface area contributed by atoms with Crippen LogP contribution in [0.1, 0.15) is 64.5 Å². The van der Waals surface area contributed by atoms with Gasteiger partial charge in [-0.1, -0.05) is 44.7 Å². The third-order valence-corrected chi connectivity index (χ3v) is 6.04. The minimum absolute atomic E-state index is 0.0117. The molecule has 5 nitrogen and oxygen atoms in total. The summed E-state index contributed by atoms with van der Waals surface area (Å²) in [4.78, 5) is 11.4. The topological polar surface area (TPSA) is 75.3 Å². The normalized spacial score (nSPS) is 12.6. The lowest BCUT2D eigenvalue weighted by Gasteiger charge is -2.15. The number of hydrogen-bond acceptors (Lipinski definition) is 3. The molecule has 0 spiro atoms. The van der Waals surface area contributed by atoms with Crippen molar-refractivity contribution >= 4 is 15.9 Å². The van der Waals surface area contributed by atoms with Gasteiger partial charge in [0.25, 0.3) is 0 Å². The first-order chi connectivity index (χ1) is 12.6. The van der Waals surface area contributed by atoms with Crippen LogP contribution in [0.15, 0.2) is 24.3 Å². The molecular formula is C21H32N2O3S. The van der Waals surface area contributed by atoms with E-state index in [-0.39, 0.29) is 17.7 Å². The number of nitrogens with one attached hydrogen (secondary N) is 2. The summed E-state index contributed by atoms with van der Waals surface area (Å²) in [7, 11) is -3.24. The Morgan fingerprint density at radius 3 is 2.26 bits per heavy atom. The SMILES string of the molecule is CC(C)C(=O)NCCCC#Cc1ccc(C(C)CNS(=O)(=O)C(C)C)cc1. The van der Waals surface area contributed by atoms with Crippen LogP contribution in [-0.4, -0.2) is 32.7 Å². The second-order valence-corrected chi connectivity index (χ2v) is 9.64. The smallest absolute Gasteiger partial charge is 0.222 e. The molecule has 27 heavy (non-hydrogen) atoms. The van der Waals surface area contributed by atoms with Gasteiger partial charge in [-0.05, 0) is 43.9 Å². The molecule has 1 amide bonds. The summed E-state index contributed by atoms with van der Waals surface area (Å²) in [6, 6.07) is 7.88. The highest BCUT2D eigenvalue weighted by molar-refractivity contribution is 7.90. The zero-order chi connectivity index (χ0) is 20.4. The third-order valence-electron chi connectivity index (χ3n) is 4.23.